The van der Waals surface area contributed by atoms with Gasteiger partial charge in [-0.15, -0.1) is 0 Å². The van der Waals surface area contributed by atoms with Gasteiger partial charge in [0, 0.05) is 18.0 Å². The van der Waals surface area contributed by atoms with Gasteiger partial charge >= 0.3 is 0 Å². The van der Waals surface area contributed by atoms with Crippen LogP contribution in [-0.4, -0.2) is 33.8 Å². The summed E-state index contributed by atoms with van der Waals surface area (Å²) < 4.78 is 0.436. The molecule has 0 spiro atoms. The van der Waals surface area contributed by atoms with Crippen molar-refractivity contribution in [1.29, 1.82) is 0 Å². The number of hydrogen-bond acceptors (Lipinski definition) is 4. The van der Waals surface area contributed by atoms with E-state index in [0.717, 1.165) is 18.4 Å². The highest BCUT2D eigenvalue weighted by Crippen LogP contribution is 2.24. The Kier molecular flexibility index (Phi) is 10.3. The van der Waals surface area contributed by atoms with Gasteiger partial charge in [-0.3, -0.25) is 14.7 Å². The number of H-pyrrole nitrogens is 1. The molecule has 2 aromatic rings. The number of aryl methyl sites for hydroxylation is 1. The standard InChI is InChI=1S/C17H21BrN4O2.C4H8O/c1-4-10(3)19-17(24)14-13(18)15(22-21-14)20-16(23)12-9-7-6-8-11(12)5-2;1-3-4(2)5/h6-10H,4-5H2,1-3H3,(H,19,24)(H2,20,21,22,23);3H2,1-2H3/t10-;/m1./s1. The van der Waals surface area contributed by atoms with E-state index in [1.54, 1.807) is 13.0 Å². The highest BCUT2D eigenvalue weighted by atomic mass is 79.9. The number of nitrogens with one attached hydrogen (secondary N) is 3. The van der Waals surface area contributed by atoms with E-state index in [1.165, 1.54) is 0 Å². The summed E-state index contributed by atoms with van der Waals surface area (Å²) in [5.74, 6) is 0.0249. The predicted octanol–water partition coefficient (Wildman–Crippen LogP) is 4.50. The van der Waals surface area contributed by atoms with Crippen LogP contribution in [-0.2, 0) is 11.2 Å². The van der Waals surface area contributed by atoms with Gasteiger partial charge in [-0.1, -0.05) is 39.0 Å². The zero-order valence-electron chi connectivity index (χ0n) is 17.6. The lowest BCUT2D eigenvalue weighted by Gasteiger charge is -2.10. The largest absolute Gasteiger partial charge is 0.348 e. The van der Waals surface area contributed by atoms with Gasteiger partial charge in [-0.25, -0.2) is 0 Å². The van der Waals surface area contributed by atoms with E-state index in [-0.39, 0.29) is 29.3 Å². The Labute approximate surface area is 180 Å². The molecular weight excluding hydrogens is 436 g/mol. The molecule has 2 rings (SSSR count). The van der Waals surface area contributed by atoms with E-state index >= 15 is 0 Å². The predicted molar refractivity (Wildman–Crippen MR) is 118 cm³/mol. The van der Waals surface area contributed by atoms with Gasteiger partial charge in [-0.2, -0.15) is 5.10 Å². The van der Waals surface area contributed by atoms with Crippen LogP contribution in [0, 0.1) is 0 Å². The Balaban J connectivity index is 0.000000749. The Morgan fingerprint density at radius 2 is 1.76 bits per heavy atom. The number of Topliss-reactive ketones (excluding diaryl/α,β-unsaturated/α-hetero) is 1. The number of anilines is 1. The molecule has 29 heavy (non-hydrogen) atoms. The smallest absolute Gasteiger partial charge is 0.270 e. The van der Waals surface area contributed by atoms with E-state index < -0.39 is 0 Å². The first-order chi connectivity index (χ1) is 13.7. The maximum Gasteiger partial charge on any atom is 0.270 e. The molecule has 1 aromatic carbocycles. The number of amides is 2. The lowest BCUT2D eigenvalue weighted by atomic mass is 10.0. The maximum absolute atomic E-state index is 12.5. The van der Waals surface area contributed by atoms with Crippen molar-refractivity contribution >= 4 is 39.3 Å². The molecule has 0 bridgehead atoms. The van der Waals surface area contributed by atoms with Crippen LogP contribution in [0.5, 0.6) is 0 Å². The van der Waals surface area contributed by atoms with Crippen molar-refractivity contribution in [1.82, 2.24) is 15.5 Å². The van der Waals surface area contributed by atoms with Crippen LogP contribution in [0.15, 0.2) is 28.7 Å². The van der Waals surface area contributed by atoms with Crippen molar-refractivity contribution in [3.05, 3.63) is 45.6 Å². The molecule has 0 unspecified atom stereocenters. The lowest BCUT2D eigenvalue weighted by molar-refractivity contribution is -0.116. The van der Waals surface area contributed by atoms with E-state index in [0.29, 0.717) is 22.3 Å². The molecule has 1 heterocycles. The molecular formula is C21H29BrN4O3. The third-order valence-electron chi connectivity index (χ3n) is 4.30. The van der Waals surface area contributed by atoms with E-state index in [1.807, 2.05) is 45.9 Å². The van der Waals surface area contributed by atoms with Crippen LogP contribution < -0.4 is 10.6 Å². The number of carbonyl (C=O) groups excluding carboxylic acids is 3. The van der Waals surface area contributed by atoms with Crippen LogP contribution in [0.1, 0.15) is 73.9 Å². The molecule has 0 saturated carbocycles. The van der Waals surface area contributed by atoms with Gasteiger partial charge < -0.3 is 15.4 Å². The minimum Gasteiger partial charge on any atom is -0.348 e. The van der Waals surface area contributed by atoms with Crippen molar-refractivity contribution in [2.24, 2.45) is 0 Å². The second-order valence-electron chi connectivity index (χ2n) is 6.56. The van der Waals surface area contributed by atoms with Gasteiger partial charge in [0.05, 0.1) is 4.47 Å². The Hall–Kier alpha value is -2.48. The normalized spacial score (nSPS) is 11.1. The Morgan fingerprint density at radius 3 is 2.31 bits per heavy atom. The Morgan fingerprint density at radius 1 is 1.14 bits per heavy atom. The number of benzene rings is 1. The molecule has 0 aliphatic carbocycles. The molecule has 0 saturated heterocycles. The molecule has 7 nitrogen and oxygen atoms in total. The molecule has 0 radical (unpaired) electrons. The Bertz CT molecular complexity index is 848. The number of ketones is 1. The summed E-state index contributed by atoms with van der Waals surface area (Å²) in [6.07, 6.45) is 2.25. The fourth-order valence-electron chi connectivity index (χ4n) is 2.18. The van der Waals surface area contributed by atoms with Crippen molar-refractivity contribution in [2.45, 2.75) is 59.9 Å². The van der Waals surface area contributed by atoms with Crippen LogP contribution in [0.3, 0.4) is 0 Å². The second kappa shape index (κ2) is 12.2. The molecule has 3 N–H and O–H groups in total. The number of carbonyl (C=O) groups is 3. The molecule has 0 aliphatic rings. The molecule has 0 fully saturated rings. The summed E-state index contributed by atoms with van der Waals surface area (Å²) in [7, 11) is 0. The monoisotopic (exact) mass is 464 g/mol. The number of aromatic nitrogens is 2. The third kappa shape index (κ3) is 7.45. The van der Waals surface area contributed by atoms with Gasteiger partial charge in [0.15, 0.2) is 5.82 Å². The minimum absolute atomic E-state index is 0.0576. The summed E-state index contributed by atoms with van der Waals surface area (Å²) in [4.78, 5) is 34.5. The van der Waals surface area contributed by atoms with Crippen LogP contribution in [0.2, 0.25) is 0 Å². The van der Waals surface area contributed by atoms with Crippen molar-refractivity contribution in [3.63, 3.8) is 0 Å². The molecule has 0 aliphatic heterocycles. The lowest BCUT2D eigenvalue weighted by Crippen LogP contribution is -2.32. The zero-order chi connectivity index (χ0) is 22.0. The second-order valence-corrected chi connectivity index (χ2v) is 7.36. The summed E-state index contributed by atoms with van der Waals surface area (Å²) in [6, 6.07) is 7.46. The van der Waals surface area contributed by atoms with E-state index in [2.05, 4.69) is 36.8 Å². The topological polar surface area (TPSA) is 104 Å². The maximum atomic E-state index is 12.5. The number of aromatic amines is 1. The molecule has 1 atom stereocenters. The summed E-state index contributed by atoms with van der Waals surface area (Å²) in [5, 5.41) is 12.3. The average Bonchev–Trinajstić information content (AvgIpc) is 3.08. The fourth-order valence-corrected chi connectivity index (χ4v) is 2.64. The van der Waals surface area contributed by atoms with E-state index in [9.17, 15) is 14.4 Å². The highest BCUT2D eigenvalue weighted by molar-refractivity contribution is 9.10. The van der Waals surface area contributed by atoms with Gasteiger partial charge in [-0.05, 0) is 54.2 Å². The summed E-state index contributed by atoms with van der Waals surface area (Å²) in [6.45, 7) is 9.34. The highest BCUT2D eigenvalue weighted by Gasteiger charge is 2.20. The van der Waals surface area contributed by atoms with Crippen molar-refractivity contribution in [3.8, 4) is 0 Å². The summed E-state index contributed by atoms with van der Waals surface area (Å²) in [5.41, 5.74) is 1.84. The van der Waals surface area contributed by atoms with Crippen molar-refractivity contribution < 1.29 is 14.4 Å². The first kappa shape index (κ1) is 24.6. The first-order valence-electron chi connectivity index (χ1n) is 9.68. The van der Waals surface area contributed by atoms with Crippen molar-refractivity contribution in [2.75, 3.05) is 5.32 Å². The van der Waals surface area contributed by atoms with Gasteiger partial charge in [0.1, 0.15) is 11.5 Å². The summed E-state index contributed by atoms with van der Waals surface area (Å²) >= 11 is 3.33. The molecule has 8 heteroatoms. The van der Waals surface area contributed by atoms with Crippen LogP contribution in [0.4, 0.5) is 5.82 Å². The van der Waals surface area contributed by atoms with Crippen LogP contribution >= 0.6 is 15.9 Å². The zero-order valence-corrected chi connectivity index (χ0v) is 19.1. The number of nitrogens with zero attached hydrogens (tertiary/aromatic N) is 1. The third-order valence-corrected chi connectivity index (χ3v) is 5.07. The van der Waals surface area contributed by atoms with Gasteiger partial charge in [0.25, 0.3) is 11.8 Å². The first-order valence-corrected chi connectivity index (χ1v) is 10.5. The SMILES string of the molecule is CCC(C)=O.CCc1ccccc1C(=O)Nc1n[nH]c(C(=O)N[C@H](C)CC)c1Br. The average molecular weight is 465 g/mol. The van der Waals surface area contributed by atoms with Crippen LogP contribution in [0.25, 0.3) is 0 Å². The quantitative estimate of drug-likeness (QED) is 0.560. The minimum atomic E-state index is -0.266. The van der Waals surface area contributed by atoms with E-state index in [4.69, 9.17) is 0 Å². The number of halogens is 1. The van der Waals surface area contributed by atoms with Gasteiger partial charge in [0.2, 0.25) is 0 Å². The molecule has 1 aromatic heterocycles. The number of hydrogen-bond donors (Lipinski definition) is 3. The fraction of sp³-hybridized carbons (Fsp3) is 0.429. The molecule has 2 amide bonds. The number of rotatable bonds is 7. The molecule has 158 valence electrons.